The van der Waals surface area contributed by atoms with Crippen LogP contribution in [0.25, 0.3) is 0 Å². The fourth-order valence-electron chi connectivity index (χ4n) is 1.62. The smallest absolute Gasteiger partial charge is 0.0713 e. The number of hydrogen-bond donors (Lipinski definition) is 1. The monoisotopic (exact) mass is 221 g/mol. The van der Waals surface area contributed by atoms with E-state index in [1.54, 1.807) is 7.11 Å². The molecule has 0 saturated heterocycles. The second kappa shape index (κ2) is 6.02. The van der Waals surface area contributed by atoms with Crippen LogP contribution in [-0.4, -0.2) is 19.2 Å². The van der Waals surface area contributed by atoms with Gasteiger partial charge in [-0.15, -0.1) is 0 Å². The molecule has 0 aliphatic heterocycles. The zero-order chi connectivity index (χ0) is 12.0. The van der Waals surface area contributed by atoms with Crippen LogP contribution < -0.4 is 5.32 Å². The molecule has 1 rings (SSSR count). The Balaban J connectivity index is 2.44. The predicted octanol–water partition coefficient (Wildman–Crippen LogP) is 2.76. The van der Waals surface area contributed by atoms with Crippen molar-refractivity contribution in [2.75, 3.05) is 13.7 Å². The Bertz CT molecular complexity index is 315. The summed E-state index contributed by atoms with van der Waals surface area (Å²) in [5.74, 6) is 0. The van der Waals surface area contributed by atoms with Crippen molar-refractivity contribution in [3.63, 3.8) is 0 Å². The molecule has 0 aliphatic rings. The van der Waals surface area contributed by atoms with Crippen molar-refractivity contribution in [2.24, 2.45) is 0 Å². The lowest BCUT2D eigenvalue weighted by atomic mass is 10.1. The molecule has 1 aromatic rings. The second-order valence-corrected chi connectivity index (χ2v) is 5.18. The van der Waals surface area contributed by atoms with Gasteiger partial charge in [-0.3, -0.25) is 0 Å². The Morgan fingerprint density at radius 3 is 2.50 bits per heavy atom. The van der Waals surface area contributed by atoms with Crippen LogP contribution >= 0.6 is 0 Å². The maximum Gasteiger partial charge on any atom is 0.0713 e. The molecule has 0 fully saturated rings. The molecule has 0 spiro atoms. The Morgan fingerprint density at radius 1 is 1.19 bits per heavy atom. The fourth-order valence-corrected chi connectivity index (χ4v) is 1.62. The largest absolute Gasteiger partial charge is 0.380 e. The molecule has 0 heterocycles. The van der Waals surface area contributed by atoms with E-state index >= 15 is 0 Å². The summed E-state index contributed by atoms with van der Waals surface area (Å²) in [6, 6.07) is 8.59. The third-order valence-corrected chi connectivity index (χ3v) is 2.37. The van der Waals surface area contributed by atoms with Gasteiger partial charge in [0.25, 0.3) is 0 Å². The highest BCUT2D eigenvalue weighted by molar-refractivity contribution is 5.23. The second-order valence-electron chi connectivity index (χ2n) is 5.18. The molecule has 0 aliphatic carbocycles. The summed E-state index contributed by atoms with van der Waals surface area (Å²) in [5, 5.41) is 3.49. The van der Waals surface area contributed by atoms with Gasteiger partial charge in [-0.1, -0.05) is 24.3 Å². The van der Waals surface area contributed by atoms with Crippen molar-refractivity contribution in [2.45, 2.75) is 39.3 Å². The van der Waals surface area contributed by atoms with E-state index in [0.717, 1.165) is 13.0 Å². The minimum Gasteiger partial charge on any atom is -0.380 e. The molecule has 2 nitrogen and oxygen atoms in total. The van der Waals surface area contributed by atoms with Gasteiger partial charge in [0.05, 0.1) is 6.61 Å². The molecular formula is C14H23NO. The first-order valence-electron chi connectivity index (χ1n) is 5.83. The highest BCUT2D eigenvalue weighted by Gasteiger charge is 2.07. The number of rotatable bonds is 5. The van der Waals surface area contributed by atoms with Crippen LogP contribution in [0.5, 0.6) is 0 Å². The average molecular weight is 221 g/mol. The summed E-state index contributed by atoms with van der Waals surface area (Å²) in [6.07, 6.45) is 1.06. The number of benzene rings is 1. The summed E-state index contributed by atoms with van der Waals surface area (Å²) in [5.41, 5.74) is 2.81. The highest BCUT2D eigenvalue weighted by Crippen LogP contribution is 2.07. The van der Waals surface area contributed by atoms with Crippen molar-refractivity contribution < 1.29 is 4.74 Å². The lowest BCUT2D eigenvalue weighted by molar-refractivity contribution is 0.185. The molecule has 1 N–H and O–H groups in total. The number of hydrogen-bond acceptors (Lipinski definition) is 2. The first-order valence-corrected chi connectivity index (χ1v) is 5.83. The van der Waals surface area contributed by atoms with Gasteiger partial charge in [0.1, 0.15) is 0 Å². The summed E-state index contributed by atoms with van der Waals surface area (Å²) in [4.78, 5) is 0. The minimum atomic E-state index is 0.199. The van der Waals surface area contributed by atoms with Crippen LogP contribution in [0.3, 0.4) is 0 Å². The Labute approximate surface area is 99.0 Å². The van der Waals surface area contributed by atoms with Crippen molar-refractivity contribution >= 4 is 0 Å². The maximum absolute atomic E-state index is 5.13. The molecule has 0 aromatic heterocycles. The van der Waals surface area contributed by atoms with Gasteiger partial charge in [0.15, 0.2) is 0 Å². The quantitative estimate of drug-likeness (QED) is 0.825. The van der Waals surface area contributed by atoms with Crippen LogP contribution in [0.2, 0.25) is 0 Å². The summed E-state index contributed by atoms with van der Waals surface area (Å²) < 4.78 is 5.13. The first kappa shape index (κ1) is 13.2. The molecule has 0 saturated carbocycles. The van der Waals surface area contributed by atoms with Gasteiger partial charge in [0, 0.05) is 12.6 Å². The maximum atomic E-state index is 5.13. The topological polar surface area (TPSA) is 21.3 Å². The zero-order valence-corrected chi connectivity index (χ0v) is 10.8. The van der Waals surface area contributed by atoms with Crippen LogP contribution in [-0.2, 0) is 17.8 Å². The summed E-state index contributed by atoms with van der Waals surface area (Å²) in [7, 11) is 1.73. The van der Waals surface area contributed by atoms with E-state index in [1.165, 1.54) is 11.1 Å². The van der Waals surface area contributed by atoms with E-state index in [1.807, 2.05) is 0 Å². The van der Waals surface area contributed by atoms with Crippen molar-refractivity contribution in [1.29, 1.82) is 0 Å². The van der Waals surface area contributed by atoms with Crippen LogP contribution in [0.15, 0.2) is 24.3 Å². The van der Waals surface area contributed by atoms with Crippen molar-refractivity contribution in [3.8, 4) is 0 Å². The normalized spacial score (nSPS) is 11.8. The molecule has 0 atom stereocenters. The van der Waals surface area contributed by atoms with Gasteiger partial charge in [0.2, 0.25) is 0 Å². The van der Waals surface area contributed by atoms with E-state index in [4.69, 9.17) is 4.74 Å². The van der Waals surface area contributed by atoms with Crippen LogP contribution in [0, 0.1) is 0 Å². The van der Waals surface area contributed by atoms with Crippen molar-refractivity contribution in [1.82, 2.24) is 5.32 Å². The zero-order valence-electron chi connectivity index (χ0n) is 10.8. The third kappa shape index (κ3) is 5.29. The molecule has 90 valence electrons. The molecule has 0 radical (unpaired) electrons. The van der Waals surface area contributed by atoms with E-state index < -0.39 is 0 Å². The van der Waals surface area contributed by atoms with Crippen LogP contribution in [0.4, 0.5) is 0 Å². The standard InChI is InChI=1S/C14H23NO/c1-14(2,3)15-9-8-12-6-5-7-13(10-12)11-16-4/h5-7,10,15H,8-9,11H2,1-4H3. The number of methoxy groups -OCH3 is 1. The average Bonchev–Trinajstić information content (AvgIpc) is 2.17. The Kier molecular flexibility index (Phi) is 4.97. The van der Waals surface area contributed by atoms with Gasteiger partial charge in [-0.05, 0) is 44.9 Å². The molecule has 16 heavy (non-hydrogen) atoms. The summed E-state index contributed by atoms with van der Waals surface area (Å²) in [6.45, 7) is 8.28. The molecular weight excluding hydrogens is 198 g/mol. The third-order valence-electron chi connectivity index (χ3n) is 2.37. The van der Waals surface area contributed by atoms with Gasteiger partial charge in [-0.25, -0.2) is 0 Å². The van der Waals surface area contributed by atoms with Crippen molar-refractivity contribution in [3.05, 3.63) is 35.4 Å². The van der Waals surface area contributed by atoms with E-state index in [2.05, 4.69) is 50.4 Å². The van der Waals surface area contributed by atoms with E-state index in [9.17, 15) is 0 Å². The number of ether oxygens (including phenoxy) is 1. The molecule has 0 bridgehead atoms. The highest BCUT2D eigenvalue weighted by atomic mass is 16.5. The first-order chi connectivity index (χ1) is 7.51. The van der Waals surface area contributed by atoms with Gasteiger partial charge in [-0.2, -0.15) is 0 Å². The van der Waals surface area contributed by atoms with E-state index in [-0.39, 0.29) is 5.54 Å². The predicted molar refractivity (Wildman–Crippen MR) is 68.6 cm³/mol. The molecule has 0 unspecified atom stereocenters. The molecule has 2 heteroatoms. The summed E-state index contributed by atoms with van der Waals surface area (Å²) >= 11 is 0. The number of nitrogens with one attached hydrogen (secondary N) is 1. The Hall–Kier alpha value is -0.860. The van der Waals surface area contributed by atoms with Crippen LogP contribution in [0.1, 0.15) is 31.9 Å². The van der Waals surface area contributed by atoms with Gasteiger partial charge < -0.3 is 10.1 Å². The minimum absolute atomic E-state index is 0.199. The van der Waals surface area contributed by atoms with E-state index in [0.29, 0.717) is 6.61 Å². The lowest BCUT2D eigenvalue weighted by Gasteiger charge is -2.20. The Morgan fingerprint density at radius 2 is 1.88 bits per heavy atom. The fraction of sp³-hybridized carbons (Fsp3) is 0.571. The lowest BCUT2D eigenvalue weighted by Crippen LogP contribution is -2.37. The SMILES string of the molecule is COCc1cccc(CCNC(C)(C)C)c1. The van der Waals surface area contributed by atoms with Gasteiger partial charge >= 0.3 is 0 Å². The molecule has 1 aromatic carbocycles. The molecule has 0 amide bonds.